The summed E-state index contributed by atoms with van der Waals surface area (Å²) in [7, 11) is 3.49. The number of aromatic nitrogens is 2. The second-order valence-corrected chi connectivity index (χ2v) is 8.50. The Balaban J connectivity index is 1.61. The molecule has 1 saturated heterocycles. The summed E-state index contributed by atoms with van der Waals surface area (Å²) in [6.45, 7) is 3.32. The summed E-state index contributed by atoms with van der Waals surface area (Å²) in [6.07, 6.45) is 1.56. The average Bonchev–Trinajstić information content (AvgIpc) is 3.00. The Bertz CT molecular complexity index is 889. The minimum absolute atomic E-state index is 0.0804. The van der Waals surface area contributed by atoms with Gasteiger partial charge in [0.1, 0.15) is 16.7 Å². The zero-order valence-electron chi connectivity index (χ0n) is 16.6. The molecule has 2 aromatic heterocycles. The van der Waals surface area contributed by atoms with Crippen LogP contribution in [0.4, 0.5) is 5.82 Å². The predicted molar refractivity (Wildman–Crippen MR) is 116 cm³/mol. The maximum Gasteiger partial charge on any atom is 0.267 e. The lowest BCUT2D eigenvalue weighted by molar-refractivity contribution is 0.0855. The molecule has 0 unspecified atom stereocenters. The molecule has 0 spiro atoms. The van der Waals surface area contributed by atoms with Crippen molar-refractivity contribution in [3.05, 3.63) is 44.8 Å². The quantitative estimate of drug-likeness (QED) is 0.449. The van der Waals surface area contributed by atoms with Crippen LogP contribution in [0.1, 0.15) is 39.4 Å². The van der Waals surface area contributed by atoms with Gasteiger partial charge in [-0.15, -0.1) is 0 Å². The summed E-state index contributed by atoms with van der Waals surface area (Å²) < 4.78 is 0.888. The zero-order chi connectivity index (χ0) is 21.1. The third kappa shape index (κ3) is 5.49. The molecule has 0 saturated carbocycles. The van der Waals surface area contributed by atoms with E-state index in [1.807, 2.05) is 6.92 Å². The Morgan fingerprint density at radius 1 is 1.24 bits per heavy atom. The van der Waals surface area contributed by atoms with E-state index in [0.717, 1.165) is 23.0 Å². The Labute approximate surface area is 183 Å². The van der Waals surface area contributed by atoms with E-state index < -0.39 is 0 Å². The number of carbonyl (C=O) groups is 2. The lowest BCUT2D eigenvalue weighted by Crippen LogP contribution is -2.45. The monoisotopic (exact) mass is 482 g/mol. The van der Waals surface area contributed by atoms with E-state index in [2.05, 4.69) is 41.5 Å². The van der Waals surface area contributed by atoms with Gasteiger partial charge >= 0.3 is 0 Å². The van der Waals surface area contributed by atoms with E-state index in [4.69, 9.17) is 11.6 Å². The van der Waals surface area contributed by atoms with Gasteiger partial charge in [0, 0.05) is 49.0 Å². The van der Waals surface area contributed by atoms with E-state index in [9.17, 15) is 9.59 Å². The summed E-state index contributed by atoms with van der Waals surface area (Å²) in [4.78, 5) is 34.2. The molecule has 3 N–H and O–H groups in total. The maximum absolute atomic E-state index is 12.4. The van der Waals surface area contributed by atoms with E-state index in [1.54, 1.807) is 37.3 Å². The molecule has 8 nitrogen and oxygen atoms in total. The fourth-order valence-electron chi connectivity index (χ4n) is 3.21. The number of hydrogen-bond acceptors (Lipinski definition) is 5. The van der Waals surface area contributed by atoms with Crippen molar-refractivity contribution < 1.29 is 9.59 Å². The molecule has 3 heterocycles. The van der Waals surface area contributed by atoms with Crippen molar-refractivity contribution in [1.82, 2.24) is 25.7 Å². The van der Waals surface area contributed by atoms with Crippen molar-refractivity contribution in [2.45, 2.75) is 25.8 Å². The van der Waals surface area contributed by atoms with Crippen LogP contribution in [-0.4, -0.2) is 60.0 Å². The molecule has 0 bridgehead atoms. The summed E-state index contributed by atoms with van der Waals surface area (Å²) in [5.74, 6) is 0.311. The number of aryl methyl sites for hydroxylation is 1. The number of carbonyl (C=O) groups excluding carboxylic acids is 2. The van der Waals surface area contributed by atoms with Crippen LogP contribution in [0.3, 0.4) is 0 Å². The number of hydrazine groups is 1. The van der Waals surface area contributed by atoms with Crippen molar-refractivity contribution in [3.63, 3.8) is 0 Å². The molecule has 0 atom stereocenters. The molecule has 1 aliphatic rings. The third-order valence-corrected chi connectivity index (χ3v) is 5.74. The zero-order valence-corrected chi connectivity index (χ0v) is 18.9. The van der Waals surface area contributed by atoms with Crippen LogP contribution >= 0.6 is 27.5 Å². The number of nitrogens with zero attached hydrogens (tertiary/aromatic N) is 3. The van der Waals surface area contributed by atoms with Crippen molar-refractivity contribution in [2.75, 3.05) is 32.1 Å². The number of nitrogens with one attached hydrogen (secondary N) is 3. The van der Waals surface area contributed by atoms with E-state index in [0.29, 0.717) is 30.2 Å². The Morgan fingerprint density at radius 2 is 1.93 bits per heavy atom. The average molecular weight is 484 g/mol. The minimum Gasteiger partial charge on any atom is -0.356 e. The predicted octanol–water partition coefficient (Wildman–Crippen LogP) is 2.74. The SMILES string of the molecule is Cc1[nH]c(C(=O)NC2CCN(c3cc(C(=O)NN(C)C)cc(Cl)n3)CC2)cc1Br. The van der Waals surface area contributed by atoms with Gasteiger partial charge in [0.2, 0.25) is 0 Å². The number of rotatable bonds is 5. The molecular formula is C19H24BrClN6O2. The fraction of sp³-hybridized carbons (Fsp3) is 0.421. The van der Waals surface area contributed by atoms with Crippen LogP contribution in [0.5, 0.6) is 0 Å². The van der Waals surface area contributed by atoms with Gasteiger partial charge in [0.15, 0.2) is 0 Å². The molecule has 1 aliphatic heterocycles. The number of hydrogen-bond donors (Lipinski definition) is 3. The molecule has 2 aromatic rings. The molecule has 3 rings (SSSR count). The van der Waals surface area contributed by atoms with Gasteiger partial charge in [-0.05, 0) is 53.9 Å². The second-order valence-electron chi connectivity index (χ2n) is 7.26. The van der Waals surface area contributed by atoms with Crippen molar-refractivity contribution in [3.8, 4) is 0 Å². The smallest absolute Gasteiger partial charge is 0.267 e. The Kier molecular flexibility index (Phi) is 6.81. The van der Waals surface area contributed by atoms with Crippen LogP contribution in [0, 0.1) is 6.92 Å². The number of H-pyrrole nitrogens is 1. The van der Waals surface area contributed by atoms with Crippen molar-refractivity contribution in [1.29, 1.82) is 0 Å². The summed E-state index contributed by atoms with van der Waals surface area (Å²) in [5, 5.41) is 4.93. The number of anilines is 1. The van der Waals surface area contributed by atoms with E-state index >= 15 is 0 Å². The molecule has 1 fully saturated rings. The van der Waals surface area contributed by atoms with E-state index in [-0.39, 0.29) is 23.0 Å². The standard InChI is InChI=1S/C19H24BrClN6O2/c1-11-14(20)10-15(22-11)19(29)23-13-4-6-27(7-5-13)17-9-12(8-16(21)24-17)18(28)25-26(2)3/h8-10,13,22H,4-7H2,1-3H3,(H,23,29)(H,25,28). The third-order valence-electron chi connectivity index (χ3n) is 4.72. The molecule has 2 amide bonds. The highest BCUT2D eigenvalue weighted by atomic mass is 79.9. The first-order chi connectivity index (χ1) is 13.7. The van der Waals surface area contributed by atoms with Crippen LogP contribution in [0.2, 0.25) is 5.15 Å². The Hall–Kier alpha value is -2.10. The number of aromatic amines is 1. The highest BCUT2D eigenvalue weighted by Gasteiger charge is 2.24. The highest BCUT2D eigenvalue weighted by Crippen LogP contribution is 2.23. The van der Waals surface area contributed by atoms with Gasteiger partial charge in [0.05, 0.1) is 0 Å². The highest BCUT2D eigenvalue weighted by molar-refractivity contribution is 9.10. The summed E-state index contributed by atoms with van der Waals surface area (Å²) >= 11 is 9.55. The van der Waals surface area contributed by atoms with Gasteiger partial charge in [0.25, 0.3) is 11.8 Å². The van der Waals surface area contributed by atoms with Crippen molar-refractivity contribution >= 4 is 45.2 Å². The molecule has 0 aliphatic carbocycles. The van der Waals surface area contributed by atoms with Gasteiger partial charge in [-0.1, -0.05) is 11.6 Å². The van der Waals surface area contributed by atoms with Gasteiger partial charge < -0.3 is 15.2 Å². The summed E-state index contributed by atoms with van der Waals surface area (Å²) in [6, 6.07) is 5.16. The van der Waals surface area contributed by atoms with E-state index in [1.165, 1.54) is 0 Å². The molecule has 156 valence electrons. The largest absolute Gasteiger partial charge is 0.356 e. The van der Waals surface area contributed by atoms with Crippen LogP contribution in [0.15, 0.2) is 22.7 Å². The number of piperidine rings is 1. The molecule has 0 aromatic carbocycles. The van der Waals surface area contributed by atoms with Crippen LogP contribution < -0.4 is 15.6 Å². The van der Waals surface area contributed by atoms with Gasteiger partial charge in [-0.3, -0.25) is 15.0 Å². The van der Waals surface area contributed by atoms with Gasteiger partial charge in [-0.25, -0.2) is 9.99 Å². The summed E-state index contributed by atoms with van der Waals surface area (Å²) in [5.41, 5.74) is 4.63. The maximum atomic E-state index is 12.4. The lowest BCUT2D eigenvalue weighted by atomic mass is 10.0. The lowest BCUT2D eigenvalue weighted by Gasteiger charge is -2.33. The molecular weight excluding hydrogens is 460 g/mol. The van der Waals surface area contributed by atoms with Crippen LogP contribution in [0.25, 0.3) is 0 Å². The fourth-order valence-corrected chi connectivity index (χ4v) is 3.75. The first kappa shape index (κ1) is 21.6. The normalized spacial score (nSPS) is 14.9. The first-order valence-electron chi connectivity index (χ1n) is 9.29. The second kappa shape index (κ2) is 9.15. The molecule has 29 heavy (non-hydrogen) atoms. The topological polar surface area (TPSA) is 93.4 Å². The van der Waals surface area contributed by atoms with Crippen molar-refractivity contribution in [2.24, 2.45) is 0 Å². The number of pyridine rings is 1. The van der Waals surface area contributed by atoms with Crippen LogP contribution in [-0.2, 0) is 0 Å². The molecule has 10 heteroatoms. The number of amides is 2. The molecule has 0 radical (unpaired) electrons. The first-order valence-corrected chi connectivity index (χ1v) is 10.5. The Morgan fingerprint density at radius 3 is 2.52 bits per heavy atom. The number of halogens is 2. The van der Waals surface area contributed by atoms with Gasteiger partial charge in [-0.2, -0.15) is 0 Å². The minimum atomic E-state index is -0.241.